The minimum atomic E-state index is -0.489. The van der Waals surface area contributed by atoms with Crippen LogP contribution < -0.4 is 0 Å². The number of rotatable bonds is 4. The molecule has 2 aliphatic heterocycles. The highest BCUT2D eigenvalue weighted by Gasteiger charge is 2.45. The average Bonchev–Trinajstić information content (AvgIpc) is 2.93. The maximum Gasteiger partial charge on any atom is 0.232 e. The SMILES string of the molecule is O=[N+]([O-])[C@@H]1CN(Cc2ccccc2)C[C@H]1[C@@H]1CCCCO1. The van der Waals surface area contributed by atoms with Crippen molar-refractivity contribution in [2.45, 2.75) is 38.0 Å². The molecule has 114 valence electrons. The van der Waals surface area contributed by atoms with Crippen molar-refractivity contribution in [2.24, 2.45) is 5.92 Å². The molecule has 2 fully saturated rings. The molecule has 0 aliphatic carbocycles. The summed E-state index contributed by atoms with van der Waals surface area (Å²) in [5, 5.41) is 11.4. The summed E-state index contributed by atoms with van der Waals surface area (Å²) >= 11 is 0. The highest BCUT2D eigenvalue weighted by atomic mass is 16.6. The predicted octanol–water partition coefficient (Wildman–Crippen LogP) is 2.33. The molecule has 0 N–H and O–H groups in total. The fourth-order valence-corrected chi connectivity index (χ4v) is 3.56. The van der Waals surface area contributed by atoms with Gasteiger partial charge in [0, 0.05) is 24.6 Å². The zero-order valence-corrected chi connectivity index (χ0v) is 12.2. The summed E-state index contributed by atoms with van der Waals surface area (Å²) in [6.45, 7) is 2.84. The number of hydrogen-bond acceptors (Lipinski definition) is 4. The predicted molar refractivity (Wildman–Crippen MR) is 79.6 cm³/mol. The van der Waals surface area contributed by atoms with Gasteiger partial charge in [-0.1, -0.05) is 30.3 Å². The van der Waals surface area contributed by atoms with E-state index in [1.807, 2.05) is 18.2 Å². The van der Waals surface area contributed by atoms with E-state index in [9.17, 15) is 10.1 Å². The Labute approximate surface area is 125 Å². The quantitative estimate of drug-likeness (QED) is 0.631. The number of nitrogens with zero attached hydrogens (tertiary/aromatic N) is 2. The van der Waals surface area contributed by atoms with Crippen molar-refractivity contribution in [2.75, 3.05) is 19.7 Å². The molecule has 1 aromatic rings. The smallest absolute Gasteiger partial charge is 0.232 e. The molecule has 3 atom stereocenters. The Morgan fingerprint density at radius 3 is 2.71 bits per heavy atom. The first-order chi connectivity index (χ1) is 10.2. The van der Waals surface area contributed by atoms with Crippen molar-refractivity contribution in [3.05, 3.63) is 46.0 Å². The van der Waals surface area contributed by atoms with E-state index in [0.717, 1.165) is 39.0 Å². The number of nitro groups is 1. The second kappa shape index (κ2) is 6.54. The van der Waals surface area contributed by atoms with E-state index in [0.29, 0.717) is 6.54 Å². The topological polar surface area (TPSA) is 55.6 Å². The number of ether oxygens (including phenoxy) is 1. The van der Waals surface area contributed by atoms with Gasteiger partial charge in [-0.3, -0.25) is 15.0 Å². The molecule has 2 aliphatic rings. The maximum atomic E-state index is 11.4. The largest absolute Gasteiger partial charge is 0.378 e. The molecule has 0 unspecified atom stereocenters. The van der Waals surface area contributed by atoms with Crippen molar-refractivity contribution < 1.29 is 9.66 Å². The summed E-state index contributed by atoms with van der Waals surface area (Å²) in [6, 6.07) is 9.68. The Bertz CT molecular complexity index is 474. The lowest BCUT2D eigenvalue weighted by molar-refractivity contribution is -0.528. The van der Waals surface area contributed by atoms with E-state index in [1.165, 1.54) is 5.56 Å². The van der Waals surface area contributed by atoms with Gasteiger partial charge in [0.15, 0.2) is 0 Å². The van der Waals surface area contributed by atoms with Crippen LogP contribution in [0.4, 0.5) is 0 Å². The van der Waals surface area contributed by atoms with Crippen LogP contribution in [-0.4, -0.2) is 41.7 Å². The van der Waals surface area contributed by atoms with E-state index in [2.05, 4.69) is 17.0 Å². The fraction of sp³-hybridized carbons (Fsp3) is 0.625. The lowest BCUT2D eigenvalue weighted by Crippen LogP contribution is -2.39. The third kappa shape index (κ3) is 3.41. The molecule has 2 heterocycles. The number of likely N-dealkylation sites (tertiary alicyclic amines) is 1. The first kappa shape index (κ1) is 14.5. The van der Waals surface area contributed by atoms with Crippen molar-refractivity contribution in [3.8, 4) is 0 Å². The average molecular weight is 290 g/mol. The van der Waals surface area contributed by atoms with E-state index >= 15 is 0 Å². The van der Waals surface area contributed by atoms with Crippen LogP contribution in [0, 0.1) is 16.0 Å². The Morgan fingerprint density at radius 2 is 2.05 bits per heavy atom. The molecular weight excluding hydrogens is 268 g/mol. The van der Waals surface area contributed by atoms with Crippen LogP contribution in [0.15, 0.2) is 30.3 Å². The monoisotopic (exact) mass is 290 g/mol. The molecule has 3 rings (SSSR count). The molecule has 1 aromatic carbocycles. The van der Waals surface area contributed by atoms with E-state index in [1.54, 1.807) is 0 Å². The Kier molecular flexibility index (Phi) is 4.51. The van der Waals surface area contributed by atoms with Gasteiger partial charge in [-0.05, 0) is 24.8 Å². The molecule has 0 saturated carbocycles. The van der Waals surface area contributed by atoms with Gasteiger partial charge < -0.3 is 4.74 Å². The van der Waals surface area contributed by atoms with E-state index < -0.39 is 6.04 Å². The fourth-order valence-electron chi connectivity index (χ4n) is 3.56. The molecule has 5 nitrogen and oxygen atoms in total. The highest BCUT2D eigenvalue weighted by molar-refractivity contribution is 5.14. The molecule has 5 heteroatoms. The molecule has 21 heavy (non-hydrogen) atoms. The summed E-state index contributed by atoms with van der Waals surface area (Å²) in [6.07, 6.45) is 3.24. The van der Waals surface area contributed by atoms with Crippen molar-refractivity contribution in [3.63, 3.8) is 0 Å². The second-order valence-electron chi connectivity index (χ2n) is 6.10. The second-order valence-corrected chi connectivity index (χ2v) is 6.10. The molecule has 0 spiro atoms. The zero-order valence-electron chi connectivity index (χ0n) is 12.2. The normalized spacial score (nSPS) is 30.4. The zero-order chi connectivity index (χ0) is 14.7. The van der Waals surface area contributed by atoms with E-state index in [4.69, 9.17) is 4.74 Å². The lowest BCUT2D eigenvalue weighted by atomic mass is 9.92. The van der Waals surface area contributed by atoms with Crippen molar-refractivity contribution in [1.29, 1.82) is 0 Å². The standard InChI is InChI=1S/C16H22N2O3/c19-18(20)15-12-17(10-13-6-2-1-3-7-13)11-14(15)16-8-4-5-9-21-16/h1-3,6-7,14-16H,4-5,8-12H2/t14-,15-,16+/m1/s1. The van der Waals surface area contributed by atoms with Crippen LogP contribution in [0.5, 0.6) is 0 Å². The van der Waals surface area contributed by atoms with Crippen molar-refractivity contribution >= 4 is 0 Å². The van der Waals surface area contributed by atoms with Crippen molar-refractivity contribution in [1.82, 2.24) is 4.90 Å². The lowest BCUT2D eigenvalue weighted by Gasteiger charge is -2.28. The first-order valence-electron chi connectivity index (χ1n) is 7.75. The van der Waals surface area contributed by atoms with Gasteiger partial charge >= 0.3 is 0 Å². The van der Waals surface area contributed by atoms with Gasteiger partial charge in [0.1, 0.15) is 0 Å². The van der Waals surface area contributed by atoms with Gasteiger partial charge in [-0.2, -0.15) is 0 Å². The van der Waals surface area contributed by atoms with Gasteiger partial charge in [0.25, 0.3) is 0 Å². The van der Waals surface area contributed by atoms with Crippen LogP contribution in [0.3, 0.4) is 0 Å². The summed E-state index contributed by atoms with van der Waals surface area (Å²) in [5.41, 5.74) is 1.21. The Morgan fingerprint density at radius 1 is 1.24 bits per heavy atom. The molecule has 0 aromatic heterocycles. The highest BCUT2D eigenvalue weighted by Crippen LogP contribution is 2.30. The number of benzene rings is 1. The third-order valence-electron chi connectivity index (χ3n) is 4.62. The summed E-state index contributed by atoms with van der Waals surface area (Å²) in [7, 11) is 0. The Hall–Kier alpha value is -1.46. The van der Waals surface area contributed by atoms with E-state index in [-0.39, 0.29) is 16.9 Å². The van der Waals surface area contributed by atoms with Gasteiger partial charge in [0.2, 0.25) is 6.04 Å². The van der Waals surface area contributed by atoms with Gasteiger partial charge in [-0.15, -0.1) is 0 Å². The summed E-state index contributed by atoms with van der Waals surface area (Å²) in [5.74, 6) is 0.0315. The first-order valence-corrected chi connectivity index (χ1v) is 7.75. The molecule has 0 radical (unpaired) electrons. The van der Waals surface area contributed by atoms with Crippen LogP contribution in [0.1, 0.15) is 24.8 Å². The minimum Gasteiger partial charge on any atom is -0.378 e. The molecule has 0 amide bonds. The maximum absolute atomic E-state index is 11.4. The summed E-state index contributed by atoms with van der Waals surface area (Å²) < 4.78 is 5.81. The van der Waals surface area contributed by atoms with Gasteiger partial charge in [0.05, 0.1) is 18.6 Å². The third-order valence-corrected chi connectivity index (χ3v) is 4.62. The molecule has 2 saturated heterocycles. The van der Waals surface area contributed by atoms with Crippen LogP contribution in [0.2, 0.25) is 0 Å². The minimum absolute atomic E-state index is 0.0315. The van der Waals surface area contributed by atoms with Crippen LogP contribution >= 0.6 is 0 Å². The number of hydrogen-bond donors (Lipinski definition) is 0. The molecular formula is C16H22N2O3. The summed E-state index contributed by atoms with van der Waals surface area (Å²) in [4.78, 5) is 13.5. The molecule has 0 bridgehead atoms. The van der Waals surface area contributed by atoms with Crippen LogP contribution in [-0.2, 0) is 11.3 Å². The van der Waals surface area contributed by atoms with Gasteiger partial charge in [-0.25, -0.2) is 0 Å². The Balaban J connectivity index is 1.67. The van der Waals surface area contributed by atoms with Crippen LogP contribution in [0.25, 0.3) is 0 Å².